The first kappa shape index (κ1) is 25.5. The number of hydrogen-bond donors (Lipinski definition) is 2. The molecular formula is C23H17F3N8O5. The summed E-state index contributed by atoms with van der Waals surface area (Å²) in [5, 5.41) is 16.3. The summed E-state index contributed by atoms with van der Waals surface area (Å²) in [7, 11) is 0. The number of carbonyl (C=O) groups is 3. The fourth-order valence-electron chi connectivity index (χ4n) is 4.10. The van der Waals surface area contributed by atoms with Crippen LogP contribution in [0.3, 0.4) is 0 Å². The normalized spacial score (nSPS) is 15.7. The number of anilines is 1. The Labute approximate surface area is 215 Å². The van der Waals surface area contributed by atoms with Crippen LogP contribution >= 0.6 is 0 Å². The number of aryl methyl sites for hydroxylation is 1. The monoisotopic (exact) mass is 542 g/mol. The molecule has 3 amide bonds. The van der Waals surface area contributed by atoms with Gasteiger partial charge in [0.25, 0.3) is 17.3 Å². The molecule has 200 valence electrons. The van der Waals surface area contributed by atoms with Gasteiger partial charge in [-0.25, -0.2) is 4.98 Å². The molecule has 1 aliphatic rings. The lowest BCUT2D eigenvalue weighted by Gasteiger charge is -2.24. The molecule has 1 aliphatic heterocycles. The van der Waals surface area contributed by atoms with E-state index in [0.717, 1.165) is 16.9 Å². The second-order valence-electron chi connectivity index (χ2n) is 8.40. The molecule has 0 bridgehead atoms. The van der Waals surface area contributed by atoms with Gasteiger partial charge in [-0.1, -0.05) is 6.07 Å². The smallest absolute Gasteiger partial charge is 0.406 e. The van der Waals surface area contributed by atoms with Crippen molar-refractivity contribution in [2.45, 2.75) is 32.2 Å². The first-order valence-corrected chi connectivity index (χ1v) is 11.3. The van der Waals surface area contributed by atoms with E-state index in [1.54, 1.807) is 0 Å². The van der Waals surface area contributed by atoms with Crippen LogP contribution in [0.4, 0.5) is 18.9 Å². The number of piperidine rings is 1. The molecule has 3 heterocycles. The van der Waals surface area contributed by atoms with Crippen molar-refractivity contribution in [2.24, 2.45) is 0 Å². The van der Waals surface area contributed by atoms with Crippen molar-refractivity contribution in [3.05, 3.63) is 64.5 Å². The number of nitrogens with one attached hydrogen (secondary N) is 2. The highest BCUT2D eigenvalue weighted by molar-refractivity contribution is 6.06. The zero-order chi connectivity index (χ0) is 27.9. The molecule has 5 rings (SSSR count). The molecule has 2 N–H and O–H groups in total. The third-order valence-electron chi connectivity index (χ3n) is 5.80. The summed E-state index contributed by atoms with van der Waals surface area (Å²) < 4.78 is 42.1. The van der Waals surface area contributed by atoms with E-state index in [1.165, 1.54) is 41.8 Å². The number of halogens is 3. The maximum atomic E-state index is 13.3. The van der Waals surface area contributed by atoms with Gasteiger partial charge >= 0.3 is 6.36 Å². The highest BCUT2D eigenvalue weighted by atomic mass is 19.4. The summed E-state index contributed by atoms with van der Waals surface area (Å²) in [6.45, 7) is 1.53. The maximum Gasteiger partial charge on any atom is 0.573 e. The Morgan fingerprint density at radius 3 is 2.56 bits per heavy atom. The number of para-hydroxylation sites is 1. The number of fused-ring (bicyclic) bond motifs is 1. The van der Waals surface area contributed by atoms with Crippen LogP contribution in [-0.4, -0.2) is 53.8 Å². The standard InChI is InChI=1S/C23H17F3N8O5/c1-11-27-18-14(22(38)33(11)16-9-10-17(35)29-20(16)36)3-2-4-15(18)28-21(37)19-30-32-34(31-19)12-5-7-13(8-6-12)39-23(24,25)26/h2-8,16H,9-10H2,1H3,(H,28,37)(H,29,35,36). The largest absolute Gasteiger partial charge is 0.573 e. The van der Waals surface area contributed by atoms with Crippen LogP contribution in [0.5, 0.6) is 5.75 Å². The van der Waals surface area contributed by atoms with E-state index >= 15 is 0 Å². The van der Waals surface area contributed by atoms with Gasteiger partial charge in [-0.3, -0.25) is 29.1 Å². The second-order valence-corrected chi connectivity index (χ2v) is 8.40. The molecule has 2 aromatic carbocycles. The predicted octanol–water partition coefficient (Wildman–Crippen LogP) is 1.81. The van der Waals surface area contributed by atoms with Crippen molar-refractivity contribution in [1.29, 1.82) is 0 Å². The molecule has 0 radical (unpaired) electrons. The third-order valence-corrected chi connectivity index (χ3v) is 5.80. The van der Waals surface area contributed by atoms with E-state index in [1.807, 2.05) is 0 Å². The fraction of sp³-hybridized carbons (Fsp3) is 0.217. The number of aromatic nitrogens is 6. The number of imide groups is 1. The van der Waals surface area contributed by atoms with Crippen LogP contribution < -0.4 is 20.9 Å². The minimum Gasteiger partial charge on any atom is -0.406 e. The van der Waals surface area contributed by atoms with E-state index in [2.05, 4.69) is 35.8 Å². The van der Waals surface area contributed by atoms with Gasteiger partial charge in [0.1, 0.15) is 23.1 Å². The van der Waals surface area contributed by atoms with Crippen LogP contribution in [0.2, 0.25) is 0 Å². The molecule has 16 heteroatoms. The molecule has 39 heavy (non-hydrogen) atoms. The fourth-order valence-corrected chi connectivity index (χ4v) is 4.10. The van der Waals surface area contributed by atoms with Crippen molar-refractivity contribution in [3.8, 4) is 11.4 Å². The summed E-state index contributed by atoms with van der Waals surface area (Å²) in [6.07, 6.45) is -4.62. The van der Waals surface area contributed by atoms with Crippen molar-refractivity contribution in [3.63, 3.8) is 0 Å². The van der Waals surface area contributed by atoms with Crippen LogP contribution in [-0.2, 0) is 9.59 Å². The first-order chi connectivity index (χ1) is 18.5. The number of amides is 3. The van der Waals surface area contributed by atoms with Crippen LogP contribution in [0.15, 0.2) is 47.3 Å². The topological polar surface area (TPSA) is 163 Å². The lowest BCUT2D eigenvalue weighted by Crippen LogP contribution is -2.45. The Bertz CT molecular complexity index is 1680. The number of alkyl halides is 3. The molecular weight excluding hydrogens is 525 g/mol. The van der Waals surface area contributed by atoms with Gasteiger partial charge in [0.15, 0.2) is 0 Å². The maximum absolute atomic E-state index is 13.3. The quantitative estimate of drug-likeness (QED) is 0.358. The number of carbonyl (C=O) groups excluding carboxylic acids is 3. The van der Waals surface area contributed by atoms with Crippen molar-refractivity contribution >= 4 is 34.3 Å². The lowest BCUT2D eigenvalue weighted by atomic mass is 10.1. The second kappa shape index (κ2) is 9.62. The van der Waals surface area contributed by atoms with Gasteiger partial charge in [0.05, 0.1) is 16.8 Å². The number of benzene rings is 2. The van der Waals surface area contributed by atoms with Crippen molar-refractivity contribution < 1.29 is 32.3 Å². The number of tetrazole rings is 1. The Morgan fingerprint density at radius 1 is 1.13 bits per heavy atom. The molecule has 1 atom stereocenters. The highest BCUT2D eigenvalue weighted by Crippen LogP contribution is 2.25. The van der Waals surface area contributed by atoms with E-state index in [4.69, 9.17) is 0 Å². The molecule has 1 unspecified atom stereocenters. The Hall–Kier alpha value is -5.15. The summed E-state index contributed by atoms with van der Waals surface area (Å²) in [4.78, 5) is 55.3. The number of ether oxygens (including phenoxy) is 1. The zero-order valence-electron chi connectivity index (χ0n) is 19.9. The lowest BCUT2D eigenvalue weighted by molar-refractivity contribution is -0.274. The Balaban J connectivity index is 1.39. The molecule has 13 nitrogen and oxygen atoms in total. The van der Waals surface area contributed by atoms with Gasteiger partial charge in [0.2, 0.25) is 11.8 Å². The number of hydrogen-bond acceptors (Lipinski definition) is 9. The van der Waals surface area contributed by atoms with Crippen molar-refractivity contribution in [2.75, 3.05) is 5.32 Å². The first-order valence-electron chi connectivity index (χ1n) is 11.3. The van der Waals surface area contributed by atoms with Crippen LogP contribution in [0.1, 0.15) is 35.3 Å². The van der Waals surface area contributed by atoms with Crippen molar-refractivity contribution in [1.82, 2.24) is 35.1 Å². The third kappa shape index (κ3) is 5.16. The molecule has 0 spiro atoms. The van der Waals surface area contributed by atoms with E-state index in [9.17, 15) is 32.3 Å². The minimum atomic E-state index is -4.84. The minimum absolute atomic E-state index is 0.0790. The van der Waals surface area contributed by atoms with Gasteiger partial charge in [-0.05, 0) is 55.0 Å². The van der Waals surface area contributed by atoms with Gasteiger partial charge in [-0.15, -0.1) is 28.2 Å². The summed E-state index contributed by atoms with van der Waals surface area (Å²) in [5.74, 6) is -2.42. The van der Waals surface area contributed by atoms with Gasteiger partial charge < -0.3 is 10.1 Å². The van der Waals surface area contributed by atoms with Gasteiger partial charge in [-0.2, -0.15) is 0 Å². The van der Waals surface area contributed by atoms with E-state index in [-0.39, 0.29) is 46.8 Å². The molecule has 2 aromatic heterocycles. The van der Waals surface area contributed by atoms with Crippen LogP contribution in [0.25, 0.3) is 16.6 Å². The van der Waals surface area contributed by atoms with E-state index in [0.29, 0.717) is 0 Å². The SMILES string of the molecule is Cc1nc2c(NC(=O)c3nnn(-c4ccc(OC(F)(F)F)cc4)n3)cccc2c(=O)n1C1CCC(=O)NC1=O. The number of rotatable bonds is 5. The summed E-state index contributed by atoms with van der Waals surface area (Å²) in [5.41, 5.74) is 0.0142. The molecule has 0 aliphatic carbocycles. The predicted molar refractivity (Wildman–Crippen MR) is 126 cm³/mol. The Kier molecular flexibility index (Phi) is 6.29. The molecule has 0 saturated carbocycles. The number of nitrogens with zero attached hydrogens (tertiary/aromatic N) is 6. The zero-order valence-corrected chi connectivity index (χ0v) is 19.9. The van der Waals surface area contributed by atoms with Gasteiger partial charge in [0, 0.05) is 6.42 Å². The highest BCUT2D eigenvalue weighted by Gasteiger charge is 2.32. The molecule has 4 aromatic rings. The average Bonchev–Trinajstić information content (AvgIpc) is 3.36. The molecule has 1 saturated heterocycles. The average molecular weight is 542 g/mol. The van der Waals surface area contributed by atoms with E-state index < -0.39 is 41.4 Å². The Morgan fingerprint density at radius 2 is 1.87 bits per heavy atom. The van der Waals surface area contributed by atoms with Crippen LogP contribution in [0, 0.1) is 6.92 Å². The molecule has 1 fully saturated rings. The summed E-state index contributed by atoms with van der Waals surface area (Å²) in [6, 6.07) is 8.20. The summed E-state index contributed by atoms with van der Waals surface area (Å²) >= 11 is 0.